The Morgan fingerprint density at radius 1 is 0.973 bits per heavy atom. The normalized spacial score (nSPS) is 18.0. The quantitative estimate of drug-likeness (QED) is 0.285. The third-order valence-corrected chi connectivity index (χ3v) is 7.34. The topological polar surface area (TPSA) is 86.0 Å². The van der Waals surface area contributed by atoms with Crippen molar-refractivity contribution in [1.29, 1.82) is 0 Å². The average molecular weight is 518 g/mol. The summed E-state index contributed by atoms with van der Waals surface area (Å²) in [6.07, 6.45) is 6.30. The summed E-state index contributed by atoms with van der Waals surface area (Å²) in [6.45, 7) is 3.83. The number of halogens is 2. The number of hydrogen-bond acceptors (Lipinski definition) is 6. The summed E-state index contributed by atoms with van der Waals surface area (Å²) in [4.78, 5) is 17.6. The fourth-order valence-electron chi connectivity index (χ4n) is 5.24. The molecule has 1 saturated carbocycles. The van der Waals surface area contributed by atoms with Gasteiger partial charge in [0, 0.05) is 46.6 Å². The number of nitrogens with zero attached hydrogens (tertiary/aromatic N) is 5. The van der Waals surface area contributed by atoms with Gasteiger partial charge in [0.2, 0.25) is 0 Å². The van der Waals surface area contributed by atoms with E-state index in [1.807, 2.05) is 13.8 Å². The molecule has 1 aliphatic carbocycles. The van der Waals surface area contributed by atoms with Crippen molar-refractivity contribution in [3.8, 4) is 22.9 Å². The molecule has 0 unspecified atom stereocenters. The van der Waals surface area contributed by atoms with Crippen LogP contribution in [0.3, 0.4) is 0 Å². The van der Waals surface area contributed by atoms with E-state index in [-0.39, 0.29) is 18.2 Å². The minimum atomic E-state index is -0.416. The smallest absolute Gasteiger partial charge is 0.322 e. The van der Waals surface area contributed by atoms with Gasteiger partial charge in [-0.05, 0) is 63.8 Å². The Morgan fingerprint density at radius 3 is 2.54 bits per heavy atom. The number of aliphatic hydroxyl groups excluding tert-OH is 1. The van der Waals surface area contributed by atoms with Crippen molar-refractivity contribution in [2.75, 3.05) is 0 Å². The summed E-state index contributed by atoms with van der Waals surface area (Å²) in [5.74, 6) is 0.924. The van der Waals surface area contributed by atoms with E-state index in [9.17, 15) is 5.11 Å². The zero-order chi connectivity index (χ0) is 25.7. The summed E-state index contributed by atoms with van der Waals surface area (Å²) >= 11 is 6.63. The second-order valence-electron chi connectivity index (χ2n) is 9.56. The summed E-state index contributed by atoms with van der Waals surface area (Å²) < 4.78 is 23.4. The number of pyridine rings is 1. The third-order valence-electron chi connectivity index (χ3n) is 7.02. The maximum atomic E-state index is 15.4. The fraction of sp³-hybridized carbons (Fsp3) is 0.286. The van der Waals surface area contributed by atoms with Crippen molar-refractivity contribution >= 4 is 33.5 Å². The van der Waals surface area contributed by atoms with Crippen LogP contribution < -0.4 is 4.74 Å². The number of benzene rings is 2. The zero-order valence-electron chi connectivity index (χ0n) is 20.4. The molecule has 3 aromatic heterocycles. The van der Waals surface area contributed by atoms with E-state index in [4.69, 9.17) is 21.3 Å². The molecule has 0 bridgehead atoms. The second-order valence-corrected chi connectivity index (χ2v) is 9.96. The first-order valence-corrected chi connectivity index (χ1v) is 12.7. The van der Waals surface area contributed by atoms with Crippen LogP contribution in [0.25, 0.3) is 33.1 Å². The third kappa shape index (κ3) is 4.40. The van der Waals surface area contributed by atoms with E-state index in [0.29, 0.717) is 27.4 Å². The monoisotopic (exact) mass is 517 g/mol. The van der Waals surface area contributed by atoms with Gasteiger partial charge < -0.3 is 14.4 Å². The van der Waals surface area contributed by atoms with Gasteiger partial charge in [0.1, 0.15) is 22.9 Å². The number of imidazole rings is 1. The highest BCUT2D eigenvalue weighted by atomic mass is 35.5. The number of hydrogen-bond donors (Lipinski definition) is 1. The largest absolute Gasteiger partial charge is 0.424 e. The van der Waals surface area contributed by atoms with Crippen LogP contribution in [0.15, 0.2) is 48.8 Å². The molecule has 0 amide bonds. The number of aryl methyl sites for hydroxylation is 2. The van der Waals surface area contributed by atoms with Crippen LogP contribution in [0.1, 0.15) is 43.2 Å². The Kier molecular flexibility index (Phi) is 6.01. The molecular weight excluding hydrogens is 493 g/mol. The Bertz CT molecular complexity index is 1650. The first-order valence-electron chi connectivity index (χ1n) is 12.3. The van der Waals surface area contributed by atoms with Crippen molar-refractivity contribution in [3.63, 3.8) is 0 Å². The Hall–Kier alpha value is -3.62. The molecule has 0 atom stereocenters. The highest BCUT2D eigenvalue weighted by molar-refractivity contribution is 6.33. The minimum absolute atomic E-state index is 0.216. The summed E-state index contributed by atoms with van der Waals surface area (Å²) in [6, 6.07) is 10.6. The van der Waals surface area contributed by atoms with Crippen LogP contribution >= 0.6 is 11.6 Å². The van der Waals surface area contributed by atoms with Crippen molar-refractivity contribution in [2.24, 2.45) is 0 Å². The lowest BCUT2D eigenvalue weighted by molar-refractivity contribution is 0.111. The first-order chi connectivity index (χ1) is 17.9. The number of aliphatic hydroxyl groups is 1. The lowest BCUT2D eigenvalue weighted by Gasteiger charge is -2.28. The summed E-state index contributed by atoms with van der Waals surface area (Å²) in [5, 5.41) is 11.2. The Labute approximate surface area is 217 Å². The maximum absolute atomic E-state index is 15.4. The number of rotatable bonds is 4. The second kappa shape index (κ2) is 9.36. The molecule has 0 radical (unpaired) electrons. The lowest BCUT2D eigenvalue weighted by atomic mass is 9.92. The van der Waals surface area contributed by atoms with Gasteiger partial charge in [0.25, 0.3) is 0 Å². The van der Waals surface area contributed by atoms with Gasteiger partial charge in [0.05, 0.1) is 28.4 Å². The molecule has 6 rings (SSSR count). The average Bonchev–Trinajstić information content (AvgIpc) is 3.21. The molecule has 188 valence electrons. The van der Waals surface area contributed by atoms with Crippen molar-refractivity contribution < 1.29 is 14.2 Å². The SMILES string of the molecule is Cc1ccnc(Oc2ccc(-c3cc4c(cc3F)ncc3nc(C)n([C@H]5CC[C@H](O)CC5)c34)c(Cl)c2)n1. The molecule has 3 heterocycles. The Balaban J connectivity index is 1.44. The van der Waals surface area contributed by atoms with E-state index in [2.05, 4.69) is 19.5 Å². The molecule has 5 aromatic rings. The van der Waals surface area contributed by atoms with Crippen LogP contribution in [0.4, 0.5) is 4.39 Å². The summed E-state index contributed by atoms with van der Waals surface area (Å²) in [7, 11) is 0. The Morgan fingerprint density at radius 2 is 1.78 bits per heavy atom. The van der Waals surface area contributed by atoms with Crippen LogP contribution in [-0.4, -0.2) is 35.7 Å². The van der Waals surface area contributed by atoms with Crippen molar-refractivity contribution in [1.82, 2.24) is 24.5 Å². The predicted octanol–water partition coefficient (Wildman–Crippen LogP) is 6.72. The molecule has 2 aromatic carbocycles. The van der Waals surface area contributed by atoms with Gasteiger partial charge in [-0.2, -0.15) is 0 Å². The molecule has 0 saturated heterocycles. The molecule has 1 N–H and O–H groups in total. The lowest BCUT2D eigenvalue weighted by Crippen LogP contribution is -2.21. The highest BCUT2D eigenvalue weighted by Gasteiger charge is 2.25. The molecule has 1 fully saturated rings. The first kappa shape index (κ1) is 23.8. The number of fused-ring (bicyclic) bond motifs is 3. The van der Waals surface area contributed by atoms with Crippen LogP contribution in [-0.2, 0) is 0 Å². The van der Waals surface area contributed by atoms with Crippen molar-refractivity contribution in [2.45, 2.75) is 51.7 Å². The van der Waals surface area contributed by atoms with Crippen LogP contribution in [0, 0.1) is 19.7 Å². The van der Waals surface area contributed by atoms with Gasteiger partial charge >= 0.3 is 6.01 Å². The van der Waals surface area contributed by atoms with Gasteiger partial charge in [-0.3, -0.25) is 4.98 Å². The number of aromatic nitrogens is 5. The standard InChI is InChI=1S/C28H25ClFN5O2/c1-15-9-10-31-28(33-15)37-19-7-8-20(23(29)11-19)21-12-22-25(13-24(21)30)32-14-26-27(22)35(16(2)34-26)17-3-5-18(36)6-4-17/h7-14,17-18,36H,3-6H2,1-2H3/t17-,18-. The van der Waals surface area contributed by atoms with Crippen molar-refractivity contribution in [3.05, 3.63) is 71.2 Å². The molecule has 1 aliphatic rings. The molecule has 7 nitrogen and oxygen atoms in total. The number of ether oxygens (including phenoxy) is 1. The van der Waals surface area contributed by atoms with E-state index in [1.165, 1.54) is 6.07 Å². The predicted molar refractivity (Wildman–Crippen MR) is 141 cm³/mol. The van der Waals surface area contributed by atoms with E-state index >= 15 is 4.39 Å². The van der Waals surface area contributed by atoms with Gasteiger partial charge in [-0.1, -0.05) is 11.6 Å². The summed E-state index contributed by atoms with van der Waals surface area (Å²) in [5.41, 5.74) is 3.94. The van der Waals surface area contributed by atoms with Gasteiger partial charge in [-0.15, -0.1) is 0 Å². The molecule has 37 heavy (non-hydrogen) atoms. The van der Waals surface area contributed by atoms with E-state index < -0.39 is 5.82 Å². The van der Waals surface area contributed by atoms with Crippen LogP contribution in [0.2, 0.25) is 5.02 Å². The maximum Gasteiger partial charge on any atom is 0.322 e. The molecule has 0 aliphatic heterocycles. The van der Waals surface area contributed by atoms with Crippen LogP contribution in [0.5, 0.6) is 11.8 Å². The molecular formula is C28H25ClFN5O2. The van der Waals surface area contributed by atoms with Gasteiger partial charge in [-0.25, -0.2) is 19.3 Å². The van der Waals surface area contributed by atoms with Gasteiger partial charge in [0.15, 0.2) is 0 Å². The highest BCUT2D eigenvalue weighted by Crippen LogP contribution is 2.39. The molecule has 0 spiro atoms. The van der Waals surface area contributed by atoms with E-state index in [0.717, 1.165) is 53.6 Å². The minimum Gasteiger partial charge on any atom is -0.424 e. The van der Waals surface area contributed by atoms with E-state index in [1.54, 1.807) is 42.7 Å². The zero-order valence-corrected chi connectivity index (χ0v) is 21.2. The fourth-order valence-corrected chi connectivity index (χ4v) is 5.51. The molecule has 9 heteroatoms.